The summed E-state index contributed by atoms with van der Waals surface area (Å²) in [6.45, 7) is 3.34. The minimum atomic E-state index is -0.473. The molecule has 0 spiro atoms. The van der Waals surface area contributed by atoms with Gasteiger partial charge in [0.1, 0.15) is 17.9 Å². The maximum atomic E-state index is 12.7. The van der Waals surface area contributed by atoms with E-state index in [0.717, 1.165) is 22.2 Å². The van der Waals surface area contributed by atoms with Crippen LogP contribution in [0.15, 0.2) is 66.4 Å². The Morgan fingerprint density at radius 1 is 1.07 bits per heavy atom. The van der Waals surface area contributed by atoms with Gasteiger partial charge in [-0.25, -0.2) is 0 Å². The highest BCUT2D eigenvalue weighted by atomic mass is 32.1. The van der Waals surface area contributed by atoms with Crippen LogP contribution in [-0.4, -0.2) is 39.5 Å². The van der Waals surface area contributed by atoms with Gasteiger partial charge in [0.25, 0.3) is 11.8 Å². The number of hydrogen-bond donors (Lipinski definition) is 1. The SMILES string of the molecule is CCN1C(=O)/C(=C/c2cn(CCOc3ccccc3)c3ccccc23)C(=O)NC1=S. The number of nitrogens with one attached hydrogen (secondary N) is 1. The highest BCUT2D eigenvalue weighted by Gasteiger charge is 2.32. The number of ether oxygens (including phenoxy) is 1. The highest BCUT2D eigenvalue weighted by Crippen LogP contribution is 2.25. The van der Waals surface area contributed by atoms with Crippen LogP contribution in [0.25, 0.3) is 17.0 Å². The predicted octanol–water partition coefficient (Wildman–Crippen LogP) is 3.37. The van der Waals surface area contributed by atoms with Crippen molar-refractivity contribution < 1.29 is 14.3 Å². The largest absolute Gasteiger partial charge is 0.492 e. The summed E-state index contributed by atoms with van der Waals surface area (Å²) >= 11 is 5.10. The third-order valence-electron chi connectivity index (χ3n) is 4.97. The van der Waals surface area contributed by atoms with E-state index in [2.05, 4.69) is 9.88 Å². The number of rotatable bonds is 6. The molecule has 30 heavy (non-hydrogen) atoms. The van der Waals surface area contributed by atoms with Crippen LogP contribution in [-0.2, 0) is 16.1 Å². The Kier molecular flexibility index (Phi) is 5.63. The first kappa shape index (κ1) is 19.8. The molecule has 3 aromatic rings. The molecular weight excluding hydrogens is 398 g/mol. The Hall–Kier alpha value is -3.45. The number of carbonyl (C=O) groups excluding carboxylic acids is 2. The first-order valence-electron chi connectivity index (χ1n) is 9.73. The summed E-state index contributed by atoms with van der Waals surface area (Å²) in [5.41, 5.74) is 1.88. The fourth-order valence-corrected chi connectivity index (χ4v) is 3.80. The average molecular weight is 420 g/mol. The molecule has 152 valence electrons. The second-order valence-corrected chi connectivity index (χ2v) is 7.21. The van der Waals surface area contributed by atoms with E-state index in [0.29, 0.717) is 19.7 Å². The van der Waals surface area contributed by atoms with Crippen LogP contribution in [0, 0.1) is 0 Å². The molecule has 0 bridgehead atoms. The van der Waals surface area contributed by atoms with Gasteiger partial charge in [-0.1, -0.05) is 36.4 Å². The van der Waals surface area contributed by atoms with Gasteiger partial charge in [0, 0.05) is 29.2 Å². The molecule has 1 N–H and O–H groups in total. The molecule has 0 aliphatic carbocycles. The second-order valence-electron chi connectivity index (χ2n) is 6.82. The van der Waals surface area contributed by atoms with E-state index in [1.54, 1.807) is 6.08 Å². The number of thiocarbonyl (C=S) groups is 1. The van der Waals surface area contributed by atoms with Crippen molar-refractivity contribution in [1.29, 1.82) is 0 Å². The number of fused-ring (bicyclic) bond motifs is 1. The zero-order valence-corrected chi connectivity index (χ0v) is 17.3. The number of benzene rings is 2. The summed E-state index contributed by atoms with van der Waals surface area (Å²) in [4.78, 5) is 26.5. The van der Waals surface area contributed by atoms with Crippen molar-refractivity contribution in [3.05, 3.63) is 71.9 Å². The standard InChI is InChI=1S/C23H21N3O3S/c1-2-26-22(28)19(21(27)24-23(26)30)14-16-15-25(20-11-7-6-10-18(16)20)12-13-29-17-8-4-3-5-9-17/h3-11,14-15H,2,12-13H2,1H3,(H,24,27,30)/b19-14+. The summed E-state index contributed by atoms with van der Waals surface area (Å²) in [7, 11) is 0. The van der Waals surface area contributed by atoms with Crippen LogP contribution in [0.1, 0.15) is 12.5 Å². The molecule has 2 amide bonds. The molecule has 1 fully saturated rings. The number of nitrogens with zero attached hydrogens (tertiary/aromatic N) is 2. The van der Waals surface area contributed by atoms with Crippen LogP contribution in [0.4, 0.5) is 0 Å². The fourth-order valence-electron chi connectivity index (χ4n) is 3.49. The zero-order valence-electron chi connectivity index (χ0n) is 16.5. The number of carbonyl (C=O) groups is 2. The van der Waals surface area contributed by atoms with E-state index in [9.17, 15) is 9.59 Å². The molecule has 0 unspecified atom stereocenters. The summed E-state index contributed by atoms with van der Waals surface area (Å²) in [5.74, 6) is -0.0363. The van der Waals surface area contributed by atoms with Crippen molar-refractivity contribution >= 4 is 46.1 Å². The Bertz CT molecular complexity index is 1150. The van der Waals surface area contributed by atoms with Gasteiger partial charge in [-0.15, -0.1) is 0 Å². The highest BCUT2D eigenvalue weighted by molar-refractivity contribution is 7.80. The summed E-state index contributed by atoms with van der Waals surface area (Å²) in [6.07, 6.45) is 3.58. The van der Waals surface area contributed by atoms with E-state index >= 15 is 0 Å². The quantitative estimate of drug-likeness (QED) is 0.378. The maximum absolute atomic E-state index is 12.7. The number of amides is 2. The lowest BCUT2D eigenvalue weighted by molar-refractivity contribution is -0.128. The van der Waals surface area contributed by atoms with Crippen LogP contribution in [0.2, 0.25) is 0 Å². The molecule has 1 aliphatic heterocycles. The van der Waals surface area contributed by atoms with Crippen LogP contribution in [0.3, 0.4) is 0 Å². The van der Waals surface area contributed by atoms with Gasteiger partial charge in [-0.2, -0.15) is 0 Å². The first-order valence-corrected chi connectivity index (χ1v) is 10.1. The number of hydrogen-bond acceptors (Lipinski definition) is 4. The minimum Gasteiger partial charge on any atom is -0.492 e. The van der Waals surface area contributed by atoms with Crippen molar-refractivity contribution in [2.45, 2.75) is 13.5 Å². The van der Waals surface area contributed by atoms with Gasteiger partial charge in [0.05, 0.1) is 6.54 Å². The normalized spacial score (nSPS) is 15.7. The predicted molar refractivity (Wildman–Crippen MR) is 120 cm³/mol. The van der Waals surface area contributed by atoms with Crippen molar-refractivity contribution in [3.63, 3.8) is 0 Å². The molecule has 2 heterocycles. The van der Waals surface area contributed by atoms with Gasteiger partial charge in [-0.05, 0) is 43.4 Å². The van der Waals surface area contributed by atoms with E-state index in [1.165, 1.54) is 4.90 Å². The van der Waals surface area contributed by atoms with Crippen LogP contribution >= 0.6 is 12.2 Å². The Morgan fingerprint density at radius 2 is 1.80 bits per heavy atom. The third kappa shape index (κ3) is 3.84. The monoisotopic (exact) mass is 419 g/mol. The van der Waals surface area contributed by atoms with Gasteiger partial charge in [-0.3, -0.25) is 19.8 Å². The van der Waals surface area contributed by atoms with E-state index in [-0.39, 0.29) is 16.6 Å². The maximum Gasteiger partial charge on any atom is 0.265 e. The van der Waals surface area contributed by atoms with Crippen LogP contribution in [0.5, 0.6) is 5.75 Å². The average Bonchev–Trinajstić information content (AvgIpc) is 3.10. The first-order chi connectivity index (χ1) is 14.6. The molecule has 1 aliphatic rings. The van der Waals surface area contributed by atoms with Gasteiger partial charge < -0.3 is 9.30 Å². The lowest BCUT2D eigenvalue weighted by atomic mass is 10.1. The van der Waals surface area contributed by atoms with Gasteiger partial charge in [0.2, 0.25) is 0 Å². The third-order valence-corrected chi connectivity index (χ3v) is 5.29. The molecule has 0 saturated carbocycles. The van der Waals surface area contributed by atoms with Crippen LogP contribution < -0.4 is 10.1 Å². The Labute approximate surface area is 179 Å². The van der Waals surface area contributed by atoms with Gasteiger partial charge >= 0.3 is 0 Å². The van der Waals surface area contributed by atoms with Gasteiger partial charge in [0.15, 0.2) is 5.11 Å². The van der Waals surface area contributed by atoms with Crippen molar-refractivity contribution in [2.24, 2.45) is 0 Å². The summed E-state index contributed by atoms with van der Waals surface area (Å²) < 4.78 is 7.88. The molecule has 6 nitrogen and oxygen atoms in total. The smallest absolute Gasteiger partial charge is 0.265 e. The molecule has 0 radical (unpaired) electrons. The van der Waals surface area contributed by atoms with E-state index in [4.69, 9.17) is 17.0 Å². The molecular formula is C23H21N3O3S. The molecule has 4 rings (SSSR count). The Balaban J connectivity index is 1.63. The molecule has 1 saturated heterocycles. The molecule has 7 heteroatoms. The van der Waals surface area contributed by atoms with E-state index in [1.807, 2.05) is 67.7 Å². The molecule has 0 atom stereocenters. The lowest BCUT2D eigenvalue weighted by Crippen LogP contribution is -2.53. The number of aromatic nitrogens is 1. The van der Waals surface area contributed by atoms with Crippen molar-refractivity contribution in [1.82, 2.24) is 14.8 Å². The van der Waals surface area contributed by atoms with Crippen molar-refractivity contribution in [3.8, 4) is 5.75 Å². The topological polar surface area (TPSA) is 63.6 Å². The zero-order chi connectivity index (χ0) is 21.1. The number of likely N-dealkylation sites (N-methyl/N-ethyl adjacent to an activating group) is 1. The second kappa shape index (κ2) is 8.51. The summed E-state index contributed by atoms with van der Waals surface area (Å²) in [5, 5.41) is 3.69. The minimum absolute atomic E-state index is 0.0777. The number of para-hydroxylation sites is 2. The summed E-state index contributed by atoms with van der Waals surface area (Å²) in [6, 6.07) is 17.5. The van der Waals surface area contributed by atoms with Crippen molar-refractivity contribution in [2.75, 3.05) is 13.2 Å². The Morgan fingerprint density at radius 3 is 2.57 bits per heavy atom. The molecule has 2 aromatic carbocycles. The fraction of sp³-hybridized carbons (Fsp3) is 0.174. The van der Waals surface area contributed by atoms with E-state index < -0.39 is 5.91 Å². The lowest BCUT2D eigenvalue weighted by Gasteiger charge is -2.27. The molecule has 1 aromatic heterocycles.